The van der Waals surface area contributed by atoms with Gasteiger partial charge < -0.3 is 10.0 Å². The van der Waals surface area contributed by atoms with Crippen LogP contribution in [-0.4, -0.2) is 35.1 Å². The predicted molar refractivity (Wildman–Crippen MR) is 53.7 cm³/mol. The van der Waals surface area contributed by atoms with Crippen molar-refractivity contribution in [1.82, 2.24) is 4.90 Å². The van der Waals surface area contributed by atoms with Gasteiger partial charge in [0.1, 0.15) is 0 Å². The zero-order valence-corrected chi connectivity index (χ0v) is 8.99. The van der Waals surface area contributed by atoms with Gasteiger partial charge in [0, 0.05) is 19.0 Å². The maximum Gasteiger partial charge on any atom is 0.226 e. The Bertz CT molecular complexity index is 242. The summed E-state index contributed by atoms with van der Waals surface area (Å²) in [5, 5.41) is 9.33. The number of rotatable bonds is 1. The van der Waals surface area contributed by atoms with E-state index in [1.54, 1.807) is 0 Å². The third-order valence-electron chi connectivity index (χ3n) is 3.59. The SMILES string of the molecule is CC1(C)CC1C(=O)N1CCC(O)CC1. The van der Waals surface area contributed by atoms with Crippen molar-refractivity contribution in [2.45, 2.75) is 39.2 Å². The highest BCUT2D eigenvalue weighted by atomic mass is 16.3. The number of carbonyl (C=O) groups is 1. The van der Waals surface area contributed by atoms with Crippen LogP contribution in [0.2, 0.25) is 0 Å². The van der Waals surface area contributed by atoms with Crippen LogP contribution in [0, 0.1) is 11.3 Å². The maximum absolute atomic E-state index is 11.9. The van der Waals surface area contributed by atoms with Gasteiger partial charge >= 0.3 is 0 Å². The van der Waals surface area contributed by atoms with Crippen LogP contribution in [0.25, 0.3) is 0 Å². The zero-order chi connectivity index (χ0) is 10.3. The summed E-state index contributed by atoms with van der Waals surface area (Å²) in [7, 11) is 0. The van der Waals surface area contributed by atoms with Crippen LogP contribution in [0.1, 0.15) is 33.1 Å². The number of aliphatic hydroxyl groups is 1. The molecule has 3 nitrogen and oxygen atoms in total. The molecule has 1 aliphatic carbocycles. The molecule has 14 heavy (non-hydrogen) atoms. The van der Waals surface area contributed by atoms with Crippen LogP contribution < -0.4 is 0 Å². The lowest BCUT2D eigenvalue weighted by molar-refractivity contribution is -0.135. The van der Waals surface area contributed by atoms with E-state index in [0.29, 0.717) is 5.91 Å². The van der Waals surface area contributed by atoms with Gasteiger partial charge in [0.15, 0.2) is 0 Å². The first kappa shape index (κ1) is 9.97. The molecule has 0 aromatic heterocycles. The average Bonchev–Trinajstić information content (AvgIpc) is 2.75. The van der Waals surface area contributed by atoms with Crippen LogP contribution in [0.4, 0.5) is 0 Å². The third-order valence-corrected chi connectivity index (χ3v) is 3.59. The summed E-state index contributed by atoms with van der Waals surface area (Å²) >= 11 is 0. The molecule has 3 heteroatoms. The highest BCUT2D eigenvalue weighted by Gasteiger charge is 2.52. The second kappa shape index (κ2) is 3.23. The molecule has 0 bridgehead atoms. The molecular formula is C11H19NO2. The molecule has 1 atom stereocenters. The van der Waals surface area contributed by atoms with Gasteiger partial charge in [-0.15, -0.1) is 0 Å². The number of carbonyl (C=O) groups excluding carboxylic acids is 1. The summed E-state index contributed by atoms with van der Waals surface area (Å²) in [5.41, 5.74) is 0.229. The largest absolute Gasteiger partial charge is 0.393 e. The summed E-state index contributed by atoms with van der Waals surface area (Å²) in [6.45, 7) is 5.78. The Morgan fingerprint density at radius 3 is 2.29 bits per heavy atom. The zero-order valence-electron chi connectivity index (χ0n) is 8.99. The number of piperidine rings is 1. The number of amides is 1. The normalized spacial score (nSPS) is 31.6. The Hall–Kier alpha value is -0.570. The molecule has 1 heterocycles. The van der Waals surface area contributed by atoms with E-state index < -0.39 is 0 Å². The molecule has 0 radical (unpaired) electrons. The van der Waals surface area contributed by atoms with Crippen molar-refractivity contribution in [3.63, 3.8) is 0 Å². The lowest BCUT2D eigenvalue weighted by Gasteiger charge is -2.30. The second-order valence-electron chi connectivity index (χ2n) is 5.30. The fraction of sp³-hybridized carbons (Fsp3) is 0.909. The summed E-state index contributed by atoms with van der Waals surface area (Å²) in [6, 6.07) is 0. The summed E-state index contributed by atoms with van der Waals surface area (Å²) in [6.07, 6.45) is 2.34. The lowest BCUT2D eigenvalue weighted by atomic mass is 10.1. The summed E-state index contributed by atoms with van der Waals surface area (Å²) in [4.78, 5) is 13.8. The smallest absolute Gasteiger partial charge is 0.226 e. The summed E-state index contributed by atoms with van der Waals surface area (Å²) in [5.74, 6) is 0.555. The molecule has 2 aliphatic rings. The number of aliphatic hydroxyl groups excluding tert-OH is 1. The van der Waals surface area contributed by atoms with Gasteiger partial charge in [-0.1, -0.05) is 13.8 Å². The number of likely N-dealkylation sites (tertiary alicyclic amines) is 1. The molecule has 0 aromatic rings. The van der Waals surface area contributed by atoms with Gasteiger partial charge in [0.2, 0.25) is 5.91 Å². The first-order chi connectivity index (χ1) is 6.50. The van der Waals surface area contributed by atoms with Gasteiger partial charge in [0.25, 0.3) is 0 Å². The van der Waals surface area contributed by atoms with E-state index in [9.17, 15) is 9.90 Å². The molecular weight excluding hydrogens is 178 g/mol. The third kappa shape index (κ3) is 1.78. The fourth-order valence-electron chi connectivity index (χ4n) is 2.20. The van der Waals surface area contributed by atoms with E-state index in [0.717, 1.165) is 32.4 Å². The Kier molecular flexibility index (Phi) is 2.30. The van der Waals surface area contributed by atoms with E-state index in [4.69, 9.17) is 0 Å². The highest BCUT2D eigenvalue weighted by Crippen LogP contribution is 2.52. The Morgan fingerprint density at radius 1 is 1.36 bits per heavy atom. The Labute approximate surface area is 85.1 Å². The van der Waals surface area contributed by atoms with Gasteiger partial charge in [-0.05, 0) is 24.7 Å². The van der Waals surface area contributed by atoms with E-state index >= 15 is 0 Å². The van der Waals surface area contributed by atoms with E-state index in [-0.39, 0.29) is 17.4 Å². The molecule has 0 spiro atoms. The monoisotopic (exact) mass is 197 g/mol. The molecule has 1 saturated heterocycles. The van der Waals surface area contributed by atoms with Gasteiger partial charge in [-0.25, -0.2) is 0 Å². The number of nitrogens with zero attached hydrogens (tertiary/aromatic N) is 1. The van der Waals surface area contributed by atoms with Crippen LogP contribution >= 0.6 is 0 Å². The van der Waals surface area contributed by atoms with Gasteiger partial charge in [-0.3, -0.25) is 4.79 Å². The standard InChI is InChI=1S/C11H19NO2/c1-11(2)7-9(11)10(14)12-5-3-8(13)4-6-12/h8-9,13H,3-7H2,1-2H3. The highest BCUT2D eigenvalue weighted by molar-refractivity contribution is 5.82. The van der Waals surface area contributed by atoms with Crippen molar-refractivity contribution in [2.75, 3.05) is 13.1 Å². The minimum Gasteiger partial charge on any atom is -0.393 e. The van der Waals surface area contributed by atoms with E-state index in [1.807, 2.05) is 4.90 Å². The molecule has 1 saturated carbocycles. The molecule has 2 rings (SSSR count). The van der Waals surface area contributed by atoms with Crippen molar-refractivity contribution in [3.8, 4) is 0 Å². The van der Waals surface area contributed by atoms with Gasteiger partial charge in [0.05, 0.1) is 6.10 Å². The van der Waals surface area contributed by atoms with Crippen molar-refractivity contribution < 1.29 is 9.90 Å². The van der Waals surface area contributed by atoms with Crippen molar-refractivity contribution in [2.24, 2.45) is 11.3 Å². The van der Waals surface area contributed by atoms with Crippen LogP contribution in [0.15, 0.2) is 0 Å². The first-order valence-corrected chi connectivity index (χ1v) is 5.47. The molecule has 80 valence electrons. The maximum atomic E-state index is 11.9. The first-order valence-electron chi connectivity index (χ1n) is 5.47. The second-order valence-corrected chi connectivity index (χ2v) is 5.30. The van der Waals surface area contributed by atoms with E-state index in [2.05, 4.69) is 13.8 Å². The Morgan fingerprint density at radius 2 is 1.86 bits per heavy atom. The summed E-state index contributed by atoms with van der Waals surface area (Å²) < 4.78 is 0. The van der Waals surface area contributed by atoms with Crippen LogP contribution in [0.5, 0.6) is 0 Å². The topological polar surface area (TPSA) is 40.5 Å². The number of hydrogen-bond donors (Lipinski definition) is 1. The molecule has 1 aliphatic heterocycles. The molecule has 1 unspecified atom stereocenters. The van der Waals surface area contributed by atoms with Crippen molar-refractivity contribution in [1.29, 1.82) is 0 Å². The molecule has 1 N–H and O–H groups in total. The Balaban J connectivity index is 1.88. The minimum absolute atomic E-state index is 0.189. The van der Waals surface area contributed by atoms with Gasteiger partial charge in [-0.2, -0.15) is 0 Å². The van der Waals surface area contributed by atoms with Crippen LogP contribution in [0.3, 0.4) is 0 Å². The quantitative estimate of drug-likeness (QED) is 0.681. The lowest BCUT2D eigenvalue weighted by Crippen LogP contribution is -2.41. The average molecular weight is 197 g/mol. The molecule has 1 amide bonds. The number of hydrogen-bond acceptors (Lipinski definition) is 2. The minimum atomic E-state index is -0.189. The predicted octanol–water partition coefficient (Wildman–Crippen LogP) is 1.02. The molecule has 2 fully saturated rings. The molecule has 0 aromatic carbocycles. The van der Waals surface area contributed by atoms with Crippen molar-refractivity contribution >= 4 is 5.91 Å². The van der Waals surface area contributed by atoms with E-state index in [1.165, 1.54) is 0 Å². The van der Waals surface area contributed by atoms with Crippen molar-refractivity contribution in [3.05, 3.63) is 0 Å². The fourth-order valence-corrected chi connectivity index (χ4v) is 2.20. The van der Waals surface area contributed by atoms with Crippen LogP contribution in [-0.2, 0) is 4.79 Å².